The quantitative estimate of drug-likeness (QED) is 0.704. The zero-order chi connectivity index (χ0) is 13.9. The van der Waals surface area contributed by atoms with Gasteiger partial charge in [0.2, 0.25) is 5.91 Å². The summed E-state index contributed by atoms with van der Waals surface area (Å²) < 4.78 is 22.9. The van der Waals surface area contributed by atoms with Crippen molar-refractivity contribution >= 4 is 21.6 Å². The highest BCUT2D eigenvalue weighted by molar-refractivity contribution is 7.91. The molecule has 0 aromatic carbocycles. The van der Waals surface area contributed by atoms with Gasteiger partial charge in [-0.3, -0.25) is 9.89 Å². The van der Waals surface area contributed by atoms with E-state index in [2.05, 4.69) is 20.8 Å². The maximum Gasteiger partial charge on any atom is 0.227 e. The maximum atomic E-state index is 11.9. The molecule has 1 fully saturated rings. The first-order chi connectivity index (χ1) is 9.00. The Hall–Kier alpha value is -1.41. The van der Waals surface area contributed by atoms with E-state index in [4.69, 9.17) is 0 Å². The minimum Gasteiger partial charge on any atom is -0.311 e. The molecule has 2 rings (SSSR count). The van der Waals surface area contributed by atoms with Crippen LogP contribution in [0, 0.1) is 0 Å². The van der Waals surface area contributed by atoms with Crippen molar-refractivity contribution < 1.29 is 13.2 Å². The van der Waals surface area contributed by atoms with Gasteiger partial charge in [0.1, 0.15) is 5.82 Å². The van der Waals surface area contributed by atoms with Crippen LogP contribution >= 0.6 is 0 Å². The number of carbonyl (C=O) groups is 1. The average molecular weight is 286 g/mol. The highest BCUT2D eigenvalue weighted by Crippen LogP contribution is 2.12. The molecular formula is C11H18N4O3S. The second-order valence-corrected chi connectivity index (χ2v) is 6.87. The van der Waals surface area contributed by atoms with Crippen LogP contribution in [-0.4, -0.2) is 48.6 Å². The lowest BCUT2D eigenvalue weighted by Gasteiger charge is -2.23. The molecule has 106 valence electrons. The fourth-order valence-corrected chi connectivity index (χ4v) is 3.54. The van der Waals surface area contributed by atoms with Crippen LogP contribution in [0.3, 0.4) is 0 Å². The molecule has 0 aliphatic carbocycles. The molecule has 0 saturated carbocycles. The Morgan fingerprint density at radius 3 is 3.05 bits per heavy atom. The van der Waals surface area contributed by atoms with Gasteiger partial charge in [-0.25, -0.2) is 8.42 Å². The fourth-order valence-electron chi connectivity index (χ4n) is 2.10. The molecule has 1 aliphatic heterocycles. The molecule has 8 heteroatoms. The standard InChI is InChI=1S/C11H18N4O3S/c1-2-8-6-13-15-11(8)14-10(16)5-9-7-19(17,18)4-3-12-9/h6,9,12H,2-5,7H2,1H3,(H2,13,14,15,16). The van der Waals surface area contributed by atoms with Crippen molar-refractivity contribution in [1.29, 1.82) is 0 Å². The van der Waals surface area contributed by atoms with Crippen LogP contribution in [0.5, 0.6) is 0 Å². The minimum atomic E-state index is -3.02. The van der Waals surface area contributed by atoms with Crippen molar-refractivity contribution in [3.8, 4) is 0 Å². The van der Waals surface area contributed by atoms with E-state index in [1.54, 1.807) is 6.20 Å². The zero-order valence-electron chi connectivity index (χ0n) is 10.8. The number of aryl methyl sites for hydroxylation is 1. The summed E-state index contributed by atoms with van der Waals surface area (Å²) in [5.74, 6) is 0.537. The number of aromatic nitrogens is 2. The van der Waals surface area contributed by atoms with Crippen LogP contribution in [-0.2, 0) is 21.1 Å². The van der Waals surface area contributed by atoms with E-state index in [1.807, 2.05) is 6.92 Å². The summed E-state index contributed by atoms with van der Waals surface area (Å²) >= 11 is 0. The molecular weight excluding hydrogens is 268 g/mol. The van der Waals surface area contributed by atoms with Crippen LogP contribution in [0.4, 0.5) is 5.82 Å². The Morgan fingerprint density at radius 1 is 1.58 bits per heavy atom. The summed E-state index contributed by atoms with van der Waals surface area (Å²) in [4.78, 5) is 11.9. The van der Waals surface area contributed by atoms with Crippen molar-refractivity contribution in [2.75, 3.05) is 23.4 Å². The first-order valence-electron chi connectivity index (χ1n) is 6.26. The fraction of sp³-hybridized carbons (Fsp3) is 0.636. The van der Waals surface area contributed by atoms with E-state index in [1.165, 1.54) is 0 Å². The summed E-state index contributed by atoms with van der Waals surface area (Å²) in [6.45, 7) is 2.38. The molecule has 0 spiro atoms. The van der Waals surface area contributed by atoms with Crippen molar-refractivity contribution in [3.05, 3.63) is 11.8 Å². The Bertz CT molecular complexity index is 552. The molecule has 3 N–H and O–H groups in total. The number of aromatic amines is 1. The normalized spacial score (nSPS) is 22.1. The summed E-state index contributed by atoms with van der Waals surface area (Å²) in [7, 11) is -3.02. The van der Waals surface area contributed by atoms with Gasteiger partial charge in [0.05, 0.1) is 17.7 Å². The number of nitrogens with one attached hydrogen (secondary N) is 3. The summed E-state index contributed by atoms with van der Waals surface area (Å²) in [5, 5.41) is 12.4. The predicted molar refractivity (Wildman–Crippen MR) is 71.7 cm³/mol. The van der Waals surface area contributed by atoms with Gasteiger partial charge in [-0.15, -0.1) is 0 Å². The monoisotopic (exact) mass is 286 g/mol. The van der Waals surface area contributed by atoms with E-state index >= 15 is 0 Å². The number of carbonyl (C=O) groups excluding carboxylic acids is 1. The Balaban J connectivity index is 1.91. The molecule has 2 heterocycles. The predicted octanol–water partition coefficient (Wildman–Crippen LogP) is -0.313. The SMILES string of the molecule is CCc1cn[nH]c1NC(=O)CC1CS(=O)(=O)CCN1. The van der Waals surface area contributed by atoms with Crippen LogP contribution in [0.15, 0.2) is 6.20 Å². The van der Waals surface area contributed by atoms with Crippen molar-refractivity contribution in [1.82, 2.24) is 15.5 Å². The summed E-state index contributed by atoms with van der Waals surface area (Å²) in [6, 6.07) is -0.313. The third kappa shape index (κ3) is 3.77. The van der Waals surface area contributed by atoms with Gasteiger partial charge in [-0.1, -0.05) is 6.92 Å². The lowest BCUT2D eigenvalue weighted by Crippen LogP contribution is -2.46. The van der Waals surface area contributed by atoms with E-state index in [0.717, 1.165) is 12.0 Å². The molecule has 1 aliphatic rings. The van der Waals surface area contributed by atoms with Crippen LogP contribution in [0.25, 0.3) is 0 Å². The Labute approximate surface area is 112 Å². The molecule has 0 radical (unpaired) electrons. The molecule has 1 unspecified atom stereocenters. The van der Waals surface area contributed by atoms with Gasteiger partial charge >= 0.3 is 0 Å². The van der Waals surface area contributed by atoms with E-state index in [-0.39, 0.29) is 29.9 Å². The molecule has 1 amide bonds. The molecule has 1 aromatic rings. The zero-order valence-corrected chi connectivity index (χ0v) is 11.6. The number of hydrogen-bond acceptors (Lipinski definition) is 5. The van der Waals surface area contributed by atoms with Gasteiger partial charge in [-0.05, 0) is 6.42 Å². The number of rotatable bonds is 4. The molecule has 19 heavy (non-hydrogen) atoms. The number of anilines is 1. The van der Waals surface area contributed by atoms with Gasteiger partial charge in [-0.2, -0.15) is 5.10 Å². The van der Waals surface area contributed by atoms with Crippen molar-refractivity contribution in [2.24, 2.45) is 0 Å². The van der Waals surface area contributed by atoms with Gasteiger partial charge in [0.15, 0.2) is 9.84 Å². The second kappa shape index (κ2) is 5.70. The van der Waals surface area contributed by atoms with E-state index < -0.39 is 9.84 Å². The number of amides is 1. The molecule has 1 atom stereocenters. The smallest absolute Gasteiger partial charge is 0.227 e. The van der Waals surface area contributed by atoms with Crippen molar-refractivity contribution in [3.63, 3.8) is 0 Å². The number of H-pyrrole nitrogens is 1. The number of nitrogens with zero attached hydrogens (tertiary/aromatic N) is 1. The number of sulfone groups is 1. The van der Waals surface area contributed by atoms with Crippen LogP contribution < -0.4 is 10.6 Å². The maximum absolute atomic E-state index is 11.9. The Kier molecular flexibility index (Phi) is 4.20. The lowest BCUT2D eigenvalue weighted by atomic mass is 10.2. The van der Waals surface area contributed by atoms with Crippen molar-refractivity contribution in [2.45, 2.75) is 25.8 Å². The van der Waals surface area contributed by atoms with E-state index in [9.17, 15) is 13.2 Å². The first kappa shape index (κ1) is 14.0. The molecule has 0 bridgehead atoms. The third-order valence-corrected chi connectivity index (χ3v) is 4.83. The van der Waals surface area contributed by atoms with E-state index in [0.29, 0.717) is 12.4 Å². The average Bonchev–Trinajstić information content (AvgIpc) is 2.74. The molecule has 1 saturated heterocycles. The highest BCUT2D eigenvalue weighted by atomic mass is 32.2. The number of hydrogen-bond donors (Lipinski definition) is 3. The second-order valence-electron chi connectivity index (χ2n) is 4.64. The summed E-state index contributed by atoms with van der Waals surface area (Å²) in [6.07, 6.45) is 2.57. The van der Waals surface area contributed by atoms with Crippen LogP contribution in [0.2, 0.25) is 0 Å². The van der Waals surface area contributed by atoms with Gasteiger partial charge in [0.25, 0.3) is 0 Å². The minimum absolute atomic E-state index is 0.0179. The largest absolute Gasteiger partial charge is 0.311 e. The van der Waals surface area contributed by atoms with Gasteiger partial charge in [0, 0.05) is 24.6 Å². The van der Waals surface area contributed by atoms with Gasteiger partial charge < -0.3 is 10.6 Å². The Morgan fingerprint density at radius 2 is 2.37 bits per heavy atom. The first-order valence-corrected chi connectivity index (χ1v) is 8.08. The molecule has 7 nitrogen and oxygen atoms in total. The lowest BCUT2D eigenvalue weighted by molar-refractivity contribution is -0.116. The topological polar surface area (TPSA) is 104 Å². The van der Waals surface area contributed by atoms with Crippen LogP contribution in [0.1, 0.15) is 18.9 Å². The molecule has 1 aromatic heterocycles. The summed E-state index contributed by atoms with van der Waals surface area (Å²) in [5.41, 5.74) is 0.928. The third-order valence-electron chi connectivity index (χ3n) is 3.10. The highest BCUT2D eigenvalue weighted by Gasteiger charge is 2.26.